The van der Waals surface area contributed by atoms with Crippen LogP contribution in [0.15, 0.2) is 18.2 Å². The number of carbonyl (C=O) groups excluding carboxylic acids is 1. The van der Waals surface area contributed by atoms with Crippen LogP contribution in [0.1, 0.15) is 49.5 Å². The van der Waals surface area contributed by atoms with Crippen LogP contribution < -0.4 is 0 Å². The highest BCUT2D eigenvalue weighted by atomic mass is 16.4. The third-order valence-corrected chi connectivity index (χ3v) is 4.11. The Kier molecular flexibility index (Phi) is 4.44. The van der Waals surface area contributed by atoms with Crippen LogP contribution in [0.5, 0.6) is 5.75 Å². The quantitative estimate of drug-likeness (QED) is 0.880. The summed E-state index contributed by atoms with van der Waals surface area (Å²) in [5.74, 6) is -1.34. The maximum atomic E-state index is 12.6. The first-order valence-corrected chi connectivity index (χ1v) is 7.55. The average molecular weight is 305 g/mol. The van der Waals surface area contributed by atoms with Crippen molar-refractivity contribution >= 4 is 11.9 Å². The van der Waals surface area contributed by atoms with Gasteiger partial charge in [0.05, 0.1) is 5.92 Å². The van der Waals surface area contributed by atoms with Crippen LogP contribution in [0.25, 0.3) is 0 Å². The first-order chi connectivity index (χ1) is 10.2. The molecule has 0 aromatic heterocycles. The lowest BCUT2D eigenvalue weighted by Crippen LogP contribution is -2.42. The van der Waals surface area contributed by atoms with Crippen LogP contribution in [0.4, 0.5) is 0 Å². The third kappa shape index (κ3) is 3.40. The SMILES string of the molecule is CC(C)(C)c1cc(C(=O)N2CCCC(C(=O)O)C2)ccc1O. The van der Waals surface area contributed by atoms with E-state index >= 15 is 0 Å². The van der Waals surface area contributed by atoms with Crippen LogP contribution in [-0.2, 0) is 10.2 Å². The van der Waals surface area contributed by atoms with Gasteiger partial charge >= 0.3 is 5.97 Å². The third-order valence-electron chi connectivity index (χ3n) is 4.11. The Hall–Kier alpha value is -2.04. The van der Waals surface area contributed by atoms with Crippen molar-refractivity contribution in [2.24, 2.45) is 5.92 Å². The van der Waals surface area contributed by atoms with Crippen LogP contribution in [0, 0.1) is 5.92 Å². The molecule has 22 heavy (non-hydrogen) atoms. The zero-order valence-electron chi connectivity index (χ0n) is 13.3. The molecule has 0 saturated carbocycles. The van der Waals surface area contributed by atoms with E-state index in [1.165, 1.54) is 6.07 Å². The topological polar surface area (TPSA) is 77.8 Å². The van der Waals surface area contributed by atoms with Gasteiger partial charge in [0.25, 0.3) is 5.91 Å². The number of hydrogen-bond acceptors (Lipinski definition) is 3. The Morgan fingerprint density at radius 1 is 1.27 bits per heavy atom. The number of carboxylic acid groups (broad SMARTS) is 1. The molecule has 1 aliphatic heterocycles. The van der Waals surface area contributed by atoms with Crippen LogP contribution in [0.2, 0.25) is 0 Å². The first-order valence-electron chi connectivity index (χ1n) is 7.55. The summed E-state index contributed by atoms with van der Waals surface area (Å²) in [4.78, 5) is 25.3. The van der Waals surface area contributed by atoms with Gasteiger partial charge in [0.15, 0.2) is 0 Å². The molecule has 1 saturated heterocycles. The number of aliphatic carboxylic acids is 1. The number of carboxylic acids is 1. The molecular formula is C17H23NO4. The van der Waals surface area contributed by atoms with Crippen LogP contribution >= 0.6 is 0 Å². The number of amides is 1. The summed E-state index contributed by atoms with van der Waals surface area (Å²) in [6.45, 7) is 6.74. The van der Waals surface area contributed by atoms with Gasteiger partial charge in [-0.25, -0.2) is 0 Å². The van der Waals surface area contributed by atoms with Gasteiger partial charge in [-0.05, 0) is 36.5 Å². The van der Waals surface area contributed by atoms with Crippen molar-refractivity contribution in [3.05, 3.63) is 29.3 Å². The minimum absolute atomic E-state index is 0.170. The summed E-state index contributed by atoms with van der Waals surface area (Å²) in [6, 6.07) is 4.84. The predicted octanol–water partition coefficient (Wildman–Crippen LogP) is 2.63. The minimum Gasteiger partial charge on any atom is -0.508 e. The molecule has 1 heterocycles. The van der Waals surface area contributed by atoms with Crippen molar-refractivity contribution in [1.29, 1.82) is 0 Å². The average Bonchev–Trinajstić information content (AvgIpc) is 2.46. The Morgan fingerprint density at radius 3 is 2.55 bits per heavy atom. The molecule has 0 bridgehead atoms. The molecule has 0 spiro atoms. The van der Waals surface area contributed by atoms with E-state index in [4.69, 9.17) is 5.11 Å². The van der Waals surface area contributed by atoms with E-state index in [0.29, 0.717) is 30.5 Å². The number of aromatic hydroxyl groups is 1. The van der Waals surface area contributed by atoms with Crippen molar-refractivity contribution in [2.45, 2.75) is 39.0 Å². The van der Waals surface area contributed by atoms with Gasteiger partial charge in [0.2, 0.25) is 0 Å². The van der Waals surface area contributed by atoms with Gasteiger partial charge in [-0.15, -0.1) is 0 Å². The number of benzene rings is 1. The Bertz CT molecular complexity index is 589. The van der Waals surface area contributed by atoms with Crippen molar-refractivity contribution < 1.29 is 19.8 Å². The second-order valence-electron chi connectivity index (χ2n) is 6.91. The van der Waals surface area contributed by atoms with E-state index < -0.39 is 11.9 Å². The molecule has 2 N–H and O–H groups in total. The highest BCUT2D eigenvalue weighted by Crippen LogP contribution is 2.31. The summed E-state index contributed by atoms with van der Waals surface area (Å²) in [7, 11) is 0. The van der Waals surface area contributed by atoms with E-state index in [0.717, 1.165) is 0 Å². The Labute approximate surface area is 130 Å². The molecule has 2 rings (SSSR count). The fraction of sp³-hybridized carbons (Fsp3) is 0.529. The van der Waals surface area contributed by atoms with E-state index in [9.17, 15) is 14.7 Å². The fourth-order valence-corrected chi connectivity index (χ4v) is 2.82. The highest BCUT2D eigenvalue weighted by molar-refractivity contribution is 5.95. The summed E-state index contributed by atoms with van der Waals surface area (Å²) in [6.07, 6.45) is 1.31. The van der Waals surface area contributed by atoms with Gasteiger partial charge in [-0.2, -0.15) is 0 Å². The van der Waals surface area contributed by atoms with E-state index in [1.54, 1.807) is 17.0 Å². The normalized spacial score (nSPS) is 19.0. The van der Waals surface area contributed by atoms with Crippen molar-refractivity contribution in [2.75, 3.05) is 13.1 Å². The molecule has 1 aromatic rings. The predicted molar refractivity (Wildman–Crippen MR) is 83.1 cm³/mol. The maximum absolute atomic E-state index is 12.6. The summed E-state index contributed by atoms with van der Waals surface area (Å²) >= 11 is 0. The van der Waals surface area contributed by atoms with Gasteiger partial charge in [0, 0.05) is 24.2 Å². The van der Waals surface area contributed by atoms with Crippen LogP contribution in [0.3, 0.4) is 0 Å². The molecule has 5 heteroatoms. The second kappa shape index (κ2) is 5.99. The monoisotopic (exact) mass is 305 g/mol. The molecule has 120 valence electrons. The smallest absolute Gasteiger partial charge is 0.308 e. The molecular weight excluding hydrogens is 282 g/mol. The van der Waals surface area contributed by atoms with Crippen LogP contribution in [-0.4, -0.2) is 40.1 Å². The Balaban J connectivity index is 2.24. The molecule has 1 amide bonds. The molecule has 0 radical (unpaired) electrons. The first kappa shape index (κ1) is 16.3. The highest BCUT2D eigenvalue weighted by Gasteiger charge is 2.29. The number of hydrogen-bond donors (Lipinski definition) is 2. The van der Waals surface area contributed by atoms with Crippen molar-refractivity contribution in [1.82, 2.24) is 4.90 Å². The lowest BCUT2D eigenvalue weighted by Gasteiger charge is -2.31. The van der Waals surface area contributed by atoms with Gasteiger partial charge in [-0.3, -0.25) is 9.59 Å². The molecule has 1 aromatic carbocycles. The summed E-state index contributed by atoms with van der Waals surface area (Å²) in [5.41, 5.74) is 0.935. The molecule has 0 aliphatic carbocycles. The summed E-state index contributed by atoms with van der Waals surface area (Å²) < 4.78 is 0. The van der Waals surface area contributed by atoms with E-state index in [1.807, 2.05) is 20.8 Å². The molecule has 1 aliphatic rings. The maximum Gasteiger partial charge on any atom is 0.308 e. The molecule has 5 nitrogen and oxygen atoms in total. The number of phenols is 1. The van der Waals surface area contributed by atoms with E-state index in [-0.39, 0.29) is 23.6 Å². The van der Waals surface area contributed by atoms with Gasteiger partial charge in [-0.1, -0.05) is 20.8 Å². The standard InChI is InChI=1S/C17H23NO4/c1-17(2,3)13-9-11(6-7-14(13)19)15(20)18-8-4-5-12(10-18)16(21)22/h6-7,9,12,19H,4-5,8,10H2,1-3H3,(H,21,22). The lowest BCUT2D eigenvalue weighted by molar-refractivity contribution is -0.143. The number of piperidine rings is 1. The van der Waals surface area contributed by atoms with Crippen molar-refractivity contribution in [3.63, 3.8) is 0 Å². The largest absolute Gasteiger partial charge is 0.508 e. The van der Waals surface area contributed by atoms with E-state index in [2.05, 4.69) is 0 Å². The van der Waals surface area contributed by atoms with Gasteiger partial charge < -0.3 is 15.1 Å². The minimum atomic E-state index is -0.849. The number of phenolic OH excluding ortho intramolecular Hbond substituents is 1. The second-order valence-corrected chi connectivity index (χ2v) is 6.91. The fourth-order valence-electron chi connectivity index (χ4n) is 2.82. The summed E-state index contributed by atoms with van der Waals surface area (Å²) in [5, 5.41) is 19.1. The molecule has 1 atom stereocenters. The number of carbonyl (C=O) groups is 2. The van der Waals surface area contributed by atoms with Gasteiger partial charge in [0.1, 0.15) is 5.75 Å². The number of likely N-dealkylation sites (tertiary alicyclic amines) is 1. The number of rotatable bonds is 2. The number of nitrogens with zero attached hydrogens (tertiary/aromatic N) is 1. The van der Waals surface area contributed by atoms with Crippen molar-refractivity contribution in [3.8, 4) is 5.75 Å². The molecule has 1 unspecified atom stereocenters. The Morgan fingerprint density at radius 2 is 1.95 bits per heavy atom. The zero-order valence-corrected chi connectivity index (χ0v) is 13.3. The molecule has 1 fully saturated rings. The zero-order chi connectivity index (χ0) is 16.5. The lowest BCUT2D eigenvalue weighted by atomic mass is 9.85.